The molecule has 0 saturated carbocycles. The summed E-state index contributed by atoms with van der Waals surface area (Å²) < 4.78 is 22.7. The van der Waals surface area contributed by atoms with Gasteiger partial charge in [-0.3, -0.25) is 0 Å². The Kier molecular flexibility index (Phi) is 7.12. The fourth-order valence-electron chi connectivity index (χ4n) is 2.91. The van der Waals surface area contributed by atoms with Crippen molar-refractivity contribution in [3.8, 4) is 23.0 Å². The molecule has 0 atom stereocenters. The van der Waals surface area contributed by atoms with Crippen LogP contribution in [0.2, 0.25) is 0 Å². The van der Waals surface area contributed by atoms with Gasteiger partial charge in [-0.25, -0.2) is 0 Å². The van der Waals surface area contributed by atoms with Gasteiger partial charge in [-0.1, -0.05) is 28.1 Å². The van der Waals surface area contributed by atoms with E-state index in [0.717, 1.165) is 15.8 Å². The van der Waals surface area contributed by atoms with Gasteiger partial charge in [-0.2, -0.15) is 4.79 Å². The zero-order chi connectivity index (χ0) is 21.5. The van der Waals surface area contributed by atoms with Crippen LogP contribution in [0.4, 0.5) is 0 Å². The van der Waals surface area contributed by atoms with Crippen molar-refractivity contribution in [2.24, 2.45) is 0 Å². The van der Waals surface area contributed by atoms with E-state index in [1.165, 1.54) is 0 Å². The predicted molar refractivity (Wildman–Crippen MR) is 118 cm³/mol. The first-order chi connectivity index (χ1) is 14.6. The highest BCUT2D eigenvalue weighted by Crippen LogP contribution is 2.30. The van der Waals surface area contributed by atoms with Crippen LogP contribution in [0.25, 0.3) is 5.53 Å². The molecule has 0 fully saturated rings. The minimum atomic E-state index is 0.332. The summed E-state index contributed by atoms with van der Waals surface area (Å²) in [5, 5.41) is 0. The molecule has 3 aromatic rings. The quantitative estimate of drug-likeness (QED) is 0.261. The molecule has 3 rings (SSSR count). The minimum absolute atomic E-state index is 0.332. The van der Waals surface area contributed by atoms with Crippen LogP contribution in [-0.2, 0) is 6.61 Å². The molecule has 3 aromatic carbocycles. The van der Waals surface area contributed by atoms with Gasteiger partial charge in [-0.15, -0.1) is 0 Å². The average Bonchev–Trinajstić information content (AvgIpc) is 2.79. The molecule has 0 aliphatic rings. The summed E-state index contributed by atoms with van der Waals surface area (Å²) in [4.78, 5) is 3.55. The largest absolute Gasteiger partial charge is 0.497 e. The van der Waals surface area contributed by atoms with E-state index in [0.29, 0.717) is 40.7 Å². The lowest BCUT2D eigenvalue weighted by molar-refractivity contribution is -0.00303. The highest BCUT2D eigenvalue weighted by molar-refractivity contribution is 9.10. The van der Waals surface area contributed by atoms with E-state index in [-0.39, 0.29) is 0 Å². The molecule has 0 aromatic heterocycles. The maximum Gasteiger partial charge on any atom is 0.333 e. The summed E-state index contributed by atoms with van der Waals surface area (Å²) in [5.74, 6) is 2.52. The molecular weight excluding hydrogens is 448 g/mol. The number of nitrogens with zero attached hydrogens (tertiary/aromatic N) is 2. The molecule has 0 saturated heterocycles. The van der Waals surface area contributed by atoms with Gasteiger partial charge < -0.3 is 24.5 Å². The van der Waals surface area contributed by atoms with Gasteiger partial charge in [0.15, 0.2) is 0 Å². The molecule has 0 heterocycles. The van der Waals surface area contributed by atoms with Crippen LogP contribution in [0.15, 0.2) is 65.1 Å². The van der Waals surface area contributed by atoms with E-state index in [4.69, 9.17) is 18.9 Å². The molecule has 7 heteroatoms. The van der Waals surface area contributed by atoms with Crippen LogP contribution in [0.3, 0.4) is 0 Å². The lowest BCUT2D eigenvalue weighted by Crippen LogP contribution is -2.09. The number of hydrogen-bond donors (Lipinski definition) is 0. The Balaban J connectivity index is 1.96. The van der Waals surface area contributed by atoms with Crippen molar-refractivity contribution < 1.29 is 23.7 Å². The molecule has 154 valence electrons. The van der Waals surface area contributed by atoms with Crippen LogP contribution in [-0.4, -0.2) is 31.8 Å². The Morgan fingerprint density at radius 3 is 2.03 bits per heavy atom. The second kappa shape index (κ2) is 9.96. The lowest BCUT2D eigenvalue weighted by Gasteiger charge is -2.11. The summed E-state index contributed by atoms with van der Waals surface area (Å²) in [5.41, 5.74) is 12.4. The van der Waals surface area contributed by atoms with E-state index in [1.54, 1.807) is 39.5 Å². The molecule has 0 spiro atoms. The van der Waals surface area contributed by atoms with E-state index in [1.807, 2.05) is 42.5 Å². The minimum Gasteiger partial charge on any atom is -0.497 e. The van der Waals surface area contributed by atoms with Crippen molar-refractivity contribution in [3.05, 3.63) is 87.4 Å². The third kappa shape index (κ3) is 5.00. The van der Waals surface area contributed by atoms with Gasteiger partial charge in [0.25, 0.3) is 0 Å². The zero-order valence-electron chi connectivity index (χ0n) is 16.9. The van der Waals surface area contributed by atoms with Crippen molar-refractivity contribution in [2.75, 3.05) is 21.3 Å². The highest BCUT2D eigenvalue weighted by atomic mass is 79.9. The molecule has 0 amide bonds. The Morgan fingerprint density at radius 1 is 0.833 bits per heavy atom. The second-order valence-corrected chi connectivity index (χ2v) is 7.24. The van der Waals surface area contributed by atoms with Crippen LogP contribution >= 0.6 is 15.9 Å². The first-order valence-corrected chi connectivity index (χ1v) is 9.88. The molecular formula is C23H21BrN2O4. The van der Waals surface area contributed by atoms with Gasteiger partial charge in [-0.05, 0) is 48.0 Å². The van der Waals surface area contributed by atoms with Crippen molar-refractivity contribution in [2.45, 2.75) is 6.61 Å². The summed E-state index contributed by atoms with van der Waals surface area (Å²) in [7, 11) is 4.76. The molecule has 0 N–H and O–H groups in total. The fraction of sp³-hybridized carbons (Fsp3) is 0.174. The lowest BCUT2D eigenvalue weighted by atomic mass is 10.0. The van der Waals surface area contributed by atoms with Crippen LogP contribution in [0, 0.1) is 0 Å². The van der Waals surface area contributed by atoms with Crippen molar-refractivity contribution in [1.82, 2.24) is 0 Å². The number of methoxy groups -OCH3 is 3. The maximum absolute atomic E-state index is 9.84. The molecule has 30 heavy (non-hydrogen) atoms. The fourth-order valence-corrected chi connectivity index (χ4v) is 3.27. The van der Waals surface area contributed by atoms with Gasteiger partial charge >= 0.3 is 5.71 Å². The third-order valence-electron chi connectivity index (χ3n) is 4.48. The number of halogens is 1. The number of benzene rings is 3. The van der Waals surface area contributed by atoms with Gasteiger partial charge in [0.2, 0.25) is 0 Å². The topological polar surface area (TPSA) is 73.3 Å². The number of rotatable bonds is 8. The Hall–Kier alpha value is -3.28. The number of ether oxygens (including phenoxy) is 4. The third-order valence-corrected chi connectivity index (χ3v) is 4.97. The van der Waals surface area contributed by atoms with E-state index < -0.39 is 0 Å². The van der Waals surface area contributed by atoms with Crippen molar-refractivity contribution in [1.29, 1.82) is 0 Å². The molecule has 0 radical (unpaired) electrons. The van der Waals surface area contributed by atoms with Crippen LogP contribution < -0.4 is 18.9 Å². The van der Waals surface area contributed by atoms with Crippen molar-refractivity contribution >= 4 is 21.6 Å². The zero-order valence-corrected chi connectivity index (χ0v) is 18.5. The second-order valence-electron chi connectivity index (χ2n) is 6.33. The SMILES string of the molecule is COc1ccc(COc2ccc(Br)cc2C(=[N+]=[N-])c2cc(OC)cc(OC)c2)cc1. The highest BCUT2D eigenvalue weighted by Gasteiger charge is 2.23. The Labute approximate surface area is 183 Å². The van der Waals surface area contributed by atoms with Crippen molar-refractivity contribution in [3.63, 3.8) is 0 Å². The Bertz CT molecular complexity index is 1050. The summed E-state index contributed by atoms with van der Waals surface area (Å²) in [6.07, 6.45) is 0. The summed E-state index contributed by atoms with van der Waals surface area (Å²) in [6.45, 7) is 0.346. The monoisotopic (exact) mass is 468 g/mol. The smallest absolute Gasteiger partial charge is 0.333 e. The summed E-state index contributed by atoms with van der Waals surface area (Å²) >= 11 is 3.48. The van der Waals surface area contributed by atoms with Gasteiger partial charge in [0.1, 0.15) is 35.2 Å². The standard InChI is InChI=1S/C23H21BrN2O4/c1-27-18-7-4-15(5-8-18)14-30-22-9-6-17(24)12-21(22)23(26-25)16-10-19(28-2)13-20(11-16)29-3/h4-13H,14H2,1-3H3. The predicted octanol–water partition coefficient (Wildman–Crippen LogP) is 5.12. The van der Waals surface area contributed by atoms with Gasteiger partial charge in [0, 0.05) is 10.5 Å². The molecule has 0 aliphatic heterocycles. The molecule has 0 unspecified atom stereocenters. The molecule has 0 aliphatic carbocycles. The van der Waals surface area contributed by atoms with Gasteiger partial charge in [0.05, 0.1) is 26.9 Å². The van der Waals surface area contributed by atoms with E-state index in [9.17, 15) is 5.53 Å². The first kappa shape index (κ1) is 21.4. The van der Waals surface area contributed by atoms with Crippen LogP contribution in [0.1, 0.15) is 16.7 Å². The normalized spacial score (nSPS) is 10.1. The maximum atomic E-state index is 9.84. The Morgan fingerprint density at radius 2 is 1.47 bits per heavy atom. The first-order valence-electron chi connectivity index (χ1n) is 9.09. The average molecular weight is 469 g/mol. The van der Waals surface area contributed by atoms with Crippen LogP contribution in [0.5, 0.6) is 23.0 Å². The summed E-state index contributed by atoms with van der Waals surface area (Å²) in [6, 6.07) is 18.5. The van der Waals surface area contributed by atoms with E-state index in [2.05, 4.69) is 20.7 Å². The molecule has 6 nitrogen and oxygen atoms in total. The molecule has 0 bridgehead atoms. The van der Waals surface area contributed by atoms with E-state index >= 15 is 0 Å². The number of hydrogen-bond acceptors (Lipinski definition) is 4.